The van der Waals surface area contributed by atoms with Crippen molar-refractivity contribution in [1.82, 2.24) is 0 Å². The van der Waals surface area contributed by atoms with E-state index in [9.17, 15) is 0 Å². The number of ether oxygens (including phenoxy) is 1. The van der Waals surface area contributed by atoms with E-state index in [1.54, 1.807) is 0 Å². The van der Waals surface area contributed by atoms with Crippen LogP contribution >= 0.6 is 0 Å². The number of fused-ring (bicyclic) bond motifs is 1. The van der Waals surface area contributed by atoms with E-state index in [2.05, 4.69) is 32.0 Å². The van der Waals surface area contributed by atoms with Crippen molar-refractivity contribution in [3.05, 3.63) is 29.3 Å². The van der Waals surface area contributed by atoms with Gasteiger partial charge in [0.2, 0.25) is 0 Å². The maximum atomic E-state index is 5.87. The Hall–Kier alpha value is -1.02. The topological polar surface area (TPSA) is 35.2 Å². The van der Waals surface area contributed by atoms with Gasteiger partial charge < -0.3 is 10.5 Å². The molecule has 0 saturated carbocycles. The number of nitrogens with two attached hydrogens (primary N) is 1. The molecule has 0 bridgehead atoms. The summed E-state index contributed by atoms with van der Waals surface area (Å²) in [4.78, 5) is 0. The molecule has 1 aromatic rings. The van der Waals surface area contributed by atoms with Crippen molar-refractivity contribution < 1.29 is 4.74 Å². The maximum Gasteiger partial charge on any atom is 0.124 e. The minimum atomic E-state index is 0.0677. The van der Waals surface area contributed by atoms with Crippen LogP contribution < -0.4 is 10.5 Å². The second kappa shape index (κ2) is 3.62. The molecule has 1 aromatic carbocycles. The van der Waals surface area contributed by atoms with E-state index in [-0.39, 0.29) is 6.04 Å². The van der Waals surface area contributed by atoms with Crippen LogP contribution in [0.5, 0.6) is 5.75 Å². The van der Waals surface area contributed by atoms with Crippen LogP contribution in [0.4, 0.5) is 0 Å². The first-order valence-corrected chi connectivity index (χ1v) is 5.18. The fourth-order valence-corrected chi connectivity index (χ4v) is 1.88. The van der Waals surface area contributed by atoms with Crippen LogP contribution in [-0.4, -0.2) is 6.61 Å². The number of hydrogen-bond donors (Lipinski definition) is 1. The lowest BCUT2D eigenvalue weighted by molar-refractivity contribution is 0.333. The van der Waals surface area contributed by atoms with Gasteiger partial charge in [0.05, 0.1) is 6.04 Å². The smallest absolute Gasteiger partial charge is 0.124 e. The van der Waals surface area contributed by atoms with E-state index in [1.807, 2.05) is 0 Å². The van der Waals surface area contributed by atoms with Gasteiger partial charge in [-0.15, -0.1) is 0 Å². The molecule has 0 aliphatic carbocycles. The summed E-state index contributed by atoms with van der Waals surface area (Å²) in [5, 5.41) is 0. The summed E-state index contributed by atoms with van der Waals surface area (Å²) in [5.41, 5.74) is 8.36. The van der Waals surface area contributed by atoms with Crippen molar-refractivity contribution in [2.75, 3.05) is 6.61 Å². The van der Waals surface area contributed by atoms with Gasteiger partial charge in [0.25, 0.3) is 0 Å². The molecule has 76 valence electrons. The standard InChI is InChI=1S/C12H17NO/c1-8(2)5-9-3-4-10-11(13)7-14-12(10)6-9/h3-4,6,8,11H,5,7,13H2,1-2H3. The Balaban J connectivity index is 2.24. The highest BCUT2D eigenvalue weighted by Crippen LogP contribution is 2.31. The molecule has 0 saturated heterocycles. The molecule has 1 aliphatic heterocycles. The summed E-state index contributed by atoms with van der Waals surface area (Å²) in [5.74, 6) is 1.67. The molecular weight excluding hydrogens is 174 g/mol. The van der Waals surface area contributed by atoms with Gasteiger partial charge in [0.15, 0.2) is 0 Å². The third kappa shape index (κ3) is 1.75. The molecular formula is C12H17NO. The van der Waals surface area contributed by atoms with E-state index in [4.69, 9.17) is 10.5 Å². The maximum absolute atomic E-state index is 5.87. The number of rotatable bonds is 2. The van der Waals surface area contributed by atoms with Gasteiger partial charge in [-0.2, -0.15) is 0 Å². The molecule has 2 rings (SSSR count). The molecule has 2 heteroatoms. The van der Waals surface area contributed by atoms with Crippen molar-refractivity contribution in [3.8, 4) is 5.75 Å². The van der Waals surface area contributed by atoms with Crippen LogP contribution in [0.15, 0.2) is 18.2 Å². The van der Waals surface area contributed by atoms with Crippen LogP contribution in [0, 0.1) is 5.92 Å². The lowest BCUT2D eigenvalue weighted by atomic mass is 10.00. The molecule has 1 heterocycles. The van der Waals surface area contributed by atoms with Crippen molar-refractivity contribution in [2.45, 2.75) is 26.3 Å². The van der Waals surface area contributed by atoms with Crippen molar-refractivity contribution in [2.24, 2.45) is 11.7 Å². The molecule has 1 unspecified atom stereocenters. The Morgan fingerprint density at radius 2 is 2.29 bits per heavy atom. The molecule has 0 fully saturated rings. The average molecular weight is 191 g/mol. The Kier molecular flexibility index (Phi) is 2.46. The molecule has 0 spiro atoms. The lowest BCUT2D eigenvalue weighted by Crippen LogP contribution is -2.10. The van der Waals surface area contributed by atoms with Gasteiger partial charge in [0, 0.05) is 5.56 Å². The molecule has 2 nitrogen and oxygen atoms in total. The summed E-state index contributed by atoms with van der Waals surface area (Å²) in [6.45, 7) is 5.07. The largest absolute Gasteiger partial charge is 0.491 e. The van der Waals surface area contributed by atoms with E-state index in [0.29, 0.717) is 12.5 Å². The van der Waals surface area contributed by atoms with E-state index in [1.165, 1.54) is 5.56 Å². The predicted molar refractivity (Wildman–Crippen MR) is 57.4 cm³/mol. The first kappa shape index (κ1) is 9.53. The minimum Gasteiger partial charge on any atom is -0.491 e. The SMILES string of the molecule is CC(C)Cc1ccc2c(c1)OCC2N. The summed E-state index contributed by atoms with van der Waals surface area (Å²) in [7, 11) is 0. The zero-order chi connectivity index (χ0) is 10.1. The zero-order valence-corrected chi connectivity index (χ0v) is 8.79. The molecule has 0 aromatic heterocycles. The third-order valence-corrected chi connectivity index (χ3v) is 2.54. The van der Waals surface area contributed by atoms with Crippen LogP contribution in [0.25, 0.3) is 0 Å². The Bertz CT molecular complexity index is 333. The fraction of sp³-hybridized carbons (Fsp3) is 0.500. The van der Waals surface area contributed by atoms with Crippen LogP contribution in [0.1, 0.15) is 31.0 Å². The second-order valence-corrected chi connectivity index (χ2v) is 4.39. The highest BCUT2D eigenvalue weighted by atomic mass is 16.5. The molecule has 1 aliphatic rings. The normalized spacial score (nSPS) is 19.6. The molecule has 0 radical (unpaired) electrons. The van der Waals surface area contributed by atoms with Gasteiger partial charge in [-0.3, -0.25) is 0 Å². The van der Waals surface area contributed by atoms with E-state index < -0.39 is 0 Å². The van der Waals surface area contributed by atoms with Crippen LogP contribution in [-0.2, 0) is 6.42 Å². The van der Waals surface area contributed by atoms with Crippen molar-refractivity contribution >= 4 is 0 Å². The Morgan fingerprint density at radius 3 is 3.00 bits per heavy atom. The second-order valence-electron chi connectivity index (χ2n) is 4.39. The minimum absolute atomic E-state index is 0.0677. The monoisotopic (exact) mass is 191 g/mol. The zero-order valence-electron chi connectivity index (χ0n) is 8.79. The fourth-order valence-electron chi connectivity index (χ4n) is 1.88. The van der Waals surface area contributed by atoms with Gasteiger partial charge in [-0.1, -0.05) is 26.0 Å². The van der Waals surface area contributed by atoms with E-state index >= 15 is 0 Å². The van der Waals surface area contributed by atoms with Crippen LogP contribution in [0.3, 0.4) is 0 Å². The van der Waals surface area contributed by atoms with Gasteiger partial charge in [0.1, 0.15) is 12.4 Å². The molecule has 2 N–H and O–H groups in total. The van der Waals surface area contributed by atoms with Gasteiger partial charge in [-0.25, -0.2) is 0 Å². The third-order valence-electron chi connectivity index (χ3n) is 2.54. The number of hydrogen-bond acceptors (Lipinski definition) is 2. The van der Waals surface area contributed by atoms with Crippen molar-refractivity contribution in [1.29, 1.82) is 0 Å². The predicted octanol–water partition coefficient (Wildman–Crippen LogP) is 2.28. The summed E-state index contributed by atoms with van der Waals surface area (Å²) in [6, 6.07) is 6.46. The highest BCUT2D eigenvalue weighted by Gasteiger charge is 2.20. The average Bonchev–Trinajstić information content (AvgIpc) is 2.46. The summed E-state index contributed by atoms with van der Waals surface area (Å²) >= 11 is 0. The first-order chi connectivity index (χ1) is 6.66. The summed E-state index contributed by atoms with van der Waals surface area (Å²) in [6.07, 6.45) is 1.10. The molecule has 1 atom stereocenters. The number of benzene rings is 1. The Morgan fingerprint density at radius 1 is 1.50 bits per heavy atom. The highest BCUT2D eigenvalue weighted by molar-refractivity contribution is 5.42. The Labute approximate surface area is 85.1 Å². The van der Waals surface area contributed by atoms with Crippen LogP contribution in [0.2, 0.25) is 0 Å². The van der Waals surface area contributed by atoms with Gasteiger partial charge >= 0.3 is 0 Å². The lowest BCUT2D eigenvalue weighted by Gasteiger charge is -2.07. The summed E-state index contributed by atoms with van der Waals surface area (Å²) < 4.78 is 5.51. The molecule has 0 amide bonds. The van der Waals surface area contributed by atoms with Gasteiger partial charge in [-0.05, 0) is 24.0 Å². The quantitative estimate of drug-likeness (QED) is 0.778. The van der Waals surface area contributed by atoms with E-state index in [0.717, 1.165) is 17.7 Å². The molecule has 14 heavy (non-hydrogen) atoms. The first-order valence-electron chi connectivity index (χ1n) is 5.18. The van der Waals surface area contributed by atoms with Crippen molar-refractivity contribution in [3.63, 3.8) is 0 Å².